The number of halogens is 1. The van der Waals surface area contributed by atoms with Gasteiger partial charge in [0.25, 0.3) is 11.6 Å². The first-order valence-electron chi connectivity index (χ1n) is 7.07. The van der Waals surface area contributed by atoms with E-state index in [2.05, 4.69) is 21.2 Å². The smallest absolute Gasteiger partial charge is 0.270 e. The van der Waals surface area contributed by atoms with Gasteiger partial charge in [0.05, 0.1) is 4.92 Å². The maximum absolute atomic E-state index is 12.3. The van der Waals surface area contributed by atoms with Crippen molar-refractivity contribution in [2.75, 3.05) is 11.9 Å². The lowest BCUT2D eigenvalue weighted by Crippen LogP contribution is -2.37. The number of carbonyl (C=O) groups is 1. The standard InChI is InChI=1S/C15H19BrN2O3/c1-11-4-5-12(18(20)21)8-13(11)14(19)17-10-15(9-16)6-2-3-7-15/h4-5,8H,2-3,6-7,9-10H2,1H3,(H,17,19). The quantitative estimate of drug-likeness (QED) is 0.498. The first kappa shape index (κ1) is 15.9. The van der Waals surface area contributed by atoms with Gasteiger partial charge in [0.2, 0.25) is 0 Å². The zero-order valence-electron chi connectivity index (χ0n) is 12.0. The Hall–Kier alpha value is -1.43. The average Bonchev–Trinajstić information content (AvgIpc) is 2.94. The zero-order chi connectivity index (χ0) is 15.5. The summed E-state index contributed by atoms with van der Waals surface area (Å²) in [6, 6.07) is 4.38. The van der Waals surface area contributed by atoms with Gasteiger partial charge in [-0.05, 0) is 30.7 Å². The fourth-order valence-corrected chi connectivity index (χ4v) is 3.57. The van der Waals surface area contributed by atoms with Gasteiger partial charge in [-0.15, -0.1) is 0 Å². The van der Waals surface area contributed by atoms with Crippen molar-refractivity contribution in [1.82, 2.24) is 5.32 Å². The van der Waals surface area contributed by atoms with Crippen LogP contribution in [0.25, 0.3) is 0 Å². The summed E-state index contributed by atoms with van der Waals surface area (Å²) in [4.78, 5) is 22.6. The summed E-state index contributed by atoms with van der Waals surface area (Å²) in [6.07, 6.45) is 4.59. The van der Waals surface area contributed by atoms with Gasteiger partial charge in [0, 0.05) is 29.6 Å². The number of amides is 1. The van der Waals surface area contributed by atoms with E-state index >= 15 is 0 Å². The second-order valence-corrected chi connectivity index (χ2v) is 6.34. The molecule has 1 saturated carbocycles. The Labute approximate surface area is 132 Å². The van der Waals surface area contributed by atoms with Gasteiger partial charge in [0.1, 0.15) is 0 Å². The molecule has 0 heterocycles. The Morgan fingerprint density at radius 2 is 2.10 bits per heavy atom. The first-order valence-corrected chi connectivity index (χ1v) is 8.19. The van der Waals surface area contributed by atoms with Crippen LogP contribution in [0.3, 0.4) is 0 Å². The maximum atomic E-state index is 12.3. The fraction of sp³-hybridized carbons (Fsp3) is 0.533. The number of nitrogens with zero attached hydrogens (tertiary/aromatic N) is 1. The molecule has 0 aliphatic heterocycles. The number of nitro groups is 1. The van der Waals surface area contributed by atoms with Gasteiger partial charge in [-0.25, -0.2) is 0 Å². The van der Waals surface area contributed by atoms with Crippen molar-refractivity contribution in [3.8, 4) is 0 Å². The van der Waals surface area contributed by atoms with E-state index < -0.39 is 4.92 Å². The minimum absolute atomic E-state index is 0.0539. The van der Waals surface area contributed by atoms with E-state index in [1.165, 1.54) is 25.0 Å². The predicted octanol–water partition coefficient (Wildman–Crippen LogP) is 3.59. The molecule has 1 amide bonds. The van der Waals surface area contributed by atoms with Crippen molar-refractivity contribution in [3.05, 3.63) is 39.4 Å². The van der Waals surface area contributed by atoms with Crippen LogP contribution in [0.4, 0.5) is 5.69 Å². The summed E-state index contributed by atoms with van der Waals surface area (Å²) in [5.74, 6) is -0.233. The van der Waals surface area contributed by atoms with Crippen molar-refractivity contribution in [2.45, 2.75) is 32.6 Å². The summed E-state index contributed by atoms with van der Waals surface area (Å²) >= 11 is 3.54. The molecule has 6 heteroatoms. The Morgan fingerprint density at radius 3 is 2.67 bits per heavy atom. The second kappa shape index (κ2) is 6.56. The highest BCUT2D eigenvalue weighted by Gasteiger charge is 2.33. The van der Waals surface area contributed by atoms with Crippen LogP contribution in [0.2, 0.25) is 0 Å². The van der Waals surface area contributed by atoms with Crippen molar-refractivity contribution in [1.29, 1.82) is 0 Å². The van der Waals surface area contributed by atoms with E-state index in [0.717, 1.165) is 23.7 Å². The molecule has 1 aliphatic rings. The van der Waals surface area contributed by atoms with Crippen molar-refractivity contribution < 1.29 is 9.72 Å². The molecule has 1 N–H and O–H groups in total. The average molecular weight is 355 g/mol. The van der Waals surface area contributed by atoms with Gasteiger partial charge in [-0.1, -0.05) is 34.8 Å². The number of hydrogen-bond acceptors (Lipinski definition) is 3. The summed E-state index contributed by atoms with van der Waals surface area (Å²) in [5.41, 5.74) is 1.20. The summed E-state index contributed by atoms with van der Waals surface area (Å²) in [5, 5.41) is 14.6. The summed E-state index contributed by atoms with van der Waals surface area (Å²) in [6.45, 7) is 2.40. The normalized spacial score (nSPS) is 16.7. The first-order chi connectivity index (χ1) is 9.97. The molecule has 0 unspecified atom stereocenters. The number of non-ortho nitro benzene ring substituents is 1. The molecule has 114 valence electrons. The number of nitrogens with one attached hydrogen (secondary N) is 1. The number of alkyl halides is 1. The third-order valence-electron chi connectivity index (χ3n) is 4.25. The Kier molecular flexibility index (Phi) is 4.98. The minimum Gasteiger partial charge on any atom is -0.351 e. The highest BCUT2D eigenvalue weighted by molar-refractivity contribution is 9.09. The van der Waals surface area contributed by atoms with E-state index in [9.17, 15) is 14.9 Å². The lowest BCUT2D eigenvalue weighted by Gasteiger charge is -2.26. The highest BCUT2D eigenvalue weighted by atomic mass is 79.9. The lowest BCUT2D eigenvalue weighted by atomic mass is 9.88. The number of aryl methyl sites for hydroxylation is 1. The molecule has 0 atom stereocenters. The van der Waals surface area contributed by atoms with Gasteiger partial charge >= 0.3 is 0 Å². The fourth-order valence-electron chi connectivity index (χ4n) is 2.81. The molecule has 2 rings (SSSR count). The monoisotopic (exact) mass is 354 g/mol. The van der Waals surface area contributed by atoms with Crippen LogP contribution < -0.4 is 5.32 Å². The molecular formula is C15H19BrN2O3. The second-order valence-electron chi connectivity index (χ2n) is 5.78. The third kappa shape index (κ3) is 3.61. The molecule has 1 fully saturated rings. The zero-order valence-corrected chi connectivity index (χ0v) is 13.6. The lowest BCUT2D eigenvalue weighted by molar-refractivity contribution is -0.384. The largest absolute Gasteiger partial charge is 0.351 e. The van der Waals surface area contributed by atoms with E-state index in [0.29, 0.717) is 12.1 Å². The SMILES string of the molecule is Cc1ccc([N+](=O)[O-])cc1C(=O)NCC1(CBr)CCCC1. The van der Waals surface area contributed by atoms with Gasteiger partial charge < -0.3 is 5.32 Å². The molecule has 0 saturated heterocycles. The predicted molar refractivity (Wildman–Crippen MR) is 84.9 cm³/mol. The van der Waals surface area contributed by atoms with E-state index in [-0.39, 0.29) is 17.0 Å². The van der Waals surface area contributed by atoms with Crippen LogP contribution in [0.5, 0.6) is 0 Å². The number of nitro benzene ring substituents is 1. The molecule has 0 aromatic heterocycles. The van der Waals surface area contributed by atoms with Crippen LogP contribution in [0.15, 0.2) is 18.2 Å². The minimum atomic E-state index is -0.479. The van der Waals surface area contributed by atoms with Gasteiger partial charge in [-0.2, -0.15) is 0 Å². The third-order valence-corrected chi connectivity index (χ3v) is 5.44. The maximum Gasteiger partial charge on any atom is 0.270 e. The van der Waals surface area contributed by atoms with Gasteiger partial charge in [-0.3, -0.25) is 14.9 Å². The highest BCUT2D eigenvalue weighted by Crippen LogP contribution is 2.39. The van der Waals surface area contributed by atoms with E-state index in [4.69, 9.17) is 0 Å². The van der Waals surface area contributed by atoms with Crippen LogP contribution >= 0.6 is 15.9 Å². The molecule has 0 radical (unpaired) electrons. The topological polar surface area (TPSA) is 72.2 Å². The van der Waals surface area contributed by atoms with Crippen molar-refractivity contribution in [3.63, 3.8) is 0 Å². The molecule has 1 aromatic rings. The summed E-state index contributed by atoms with van der Waals surface area (Å²) in [7, 11) is 0. The Balaban J connectivity index is 2.09. The molecule has 0 bridgehead atoms. The van der Waals surface area contributed by atoms with Crippen LogP contribution in [-0.2, 0) is 0 Å². The Bertz CT molecular complexity index is 554. The Morgan fingerprint density at radius 1 is 1.43 bits per heavy atom. The van der Waals surface area contributed by atoms with Crippen molar-refractivity contribution in [2.24, 2.45) is 5.41 Å². The van der Waals surface area contributed by atoms with E-state index in [1.54, 1.807) is 13.0 Å². The molecule has 5 nitrogen and oxygen atoms in total. The number of carbonyl (C=O) groups excluding carboxylic acids is 1. The van der Waals surface area contributed by atoms with Crippen molar-refractivity contribution >= 4 is 27.5 Å². The van der Waals surface area contributed by atoms with Crippen LogP contribution in [0, 0.1) is 22.5 Å². The summed E-state index contributed by atoms with van der Waals surface area (Å²) < 4.78 is 0. The number of hydrogen-bond donors (Lipinski definition) is 1. The van der Waals surface area contributed by atoms with Crippen LogP contribution in [0.1, 0.15) is 41.6 Å². The molecule has 0 spiro atoms. The van der Waals surface area contributed by atoms with E-state index in [1.807, 2.05) is 0 Å². The van der Waals surface area contributed by atoms with Gasteiger partial charge in [0.15, 0.2) is 0 Å². The number of rotatable bonds is 5. The number of benzene rings is 1. The van der Waals surface area contributed by atoms with Crippen LogP contribution in [-0.4, -0.2) is 22.7 Å². The molecule has 1 aliphatic carbocycles. The molecule has 21 heavy (non-hydrogen) atoms. The molecular weight excluding hydrogens is 336 g/mol. The molecule has 1 aromatic carbocycles.